The van der Waals surface area contributed by atoms with Crippen molar-refractivity contribution in [2.75, 3.05) is 79.6 Å². The first-order chi connectivity index (χ1) is 23.5. The number of carbonyl (C=O) groups is 1. The summed E-state index contributed by atoms with van der Waals surface area (Å²) in [5, 5.41) is 45.3. The Morgan fingerprint density at radius 2 is 1.22 bits per heavy atom. The molecule has 0 amide bonds. The lowest BCUT2D eigenvalue weighted by molar-refractivity contribution is -0.422. The molecule has 13 nitrogen and oxygen atoms in total. The summed E-state index contributed by atoms with van der Waals surface area (Å²) in [5.41, 5.74) is 8.13. The average Bonchev–Trinajstić information content (AvgIpc) is 3.56. The smallest absolute Gasteiger partial charge is 0.430 e. The van der Waals surface area contributed by atoms with Crippen molar-refractivity contribution in [2.45, 2.75) is 121 Å². The Hall–Kier alpha value is -0.760. The Kier molecular flexibility index (Phi) is 32.4. The van der Waals surface area contributed by atoms with Gasteiger partial charge in [0.2, 0.25) is 0 Å². The standard InChI is InChI=1S/C8H19BN2O.C8H18N2O.C7H17BN2O.C7H16N2.C2HF3O2.ClH/c1-9(12)10-8-4-3-6-11(2)7-5-8;9-8-2-1-4-10(5-3-8)6-7-11;1-8(11)10-7-3-2-5-9-6-4-7;1-9-5-2-3-7(8)4-6-9;3-2(4,5)1(6)7;/h8,10,12H,3-7H2,1-2H3;8,11H,1-7,9H2;7,9-11H,2-6H2,1H3;7H,2-6,8H2,1H3;(H,6,7);1H/t2*8-;2*7-;;/m0000../s1. The van der Waals surface area contributed by atoms with Crippen LogP contribution >= 0.6 is 0 Å². The van der Waals surface area contributed by atoms with Crippen LogP contribution in [0.1, 0.15) is 77.0 Å². The number of likely N-dealkylation sites (tertiary alicyclic amines) is 3. The zero-order valence-corrected chi connectivity index (χ0v) is 32.7. The molecule has 0 saturated carbocycles. The van der Waals surface area contributed by atoms with Gasteiger partial charge in [0, 0.05) is 45.3 Å². The molecule has 19 heteroatoms. The highest BCUT2D eigenvalue weighted by Gasteiger charge is 2.29. The molecule has 12 N–H and O–H groups in total. The van der Waals surface area contributed by atoms with Crippen LogP contribution in [-0.4, -0.2) is 160 Å². The van der Waals surface area contributed by atoms with Crippen molar-refractivity contribution in [2.24, 2.45) is 0 Å². The van der Waals surface area contributed by atoms with E-state index >= 15 is 0 Å². The van der Waals surface area contributed by atoms with E-state index in [1.54, 1.807) is 13.6 Å². The highest BCUT2D eigenvalue weighted by atomic mass is 35.5. The molecule has 4 saturated heterocycles. The van der Waals surface area contributed by atoms with Gasteiger partial charge in [0.25, 0.3) is 0 Å². The van der Waals surface area contributed by atoms with E-state index in [0.717, 1.165) is 58.2 Å². The van der Waals surface area contributed by atoms with Crippen LogP contribution in [-0.2, 0) is 4.79 Å². The third-order valence-corrected chi connectivity index (χ3v) is 9.14. The maximum atomic E-state index is 10.5. The molecule has 4 rings (SSSR count). The highest BCUT2D eigenvalue weighted by molar-refractivity contribution is 6.45. The Morgan fingerprint density at radius 3 is 1.73 bits per heavy atom. The molecule has 0 bridgehead atoms. The zero-order valence-electron chi connectivity index (χ0n) is 31.9. The lowest BCUT2D eigenvalue weighted by Crippen LogP contribution is -3.00. The fourth-order valence-electron chi connectivity index (χ4n) is 6.17. The number of hydrogen-bond acceptors (Lipinski definition) is 11. The van der Waals surface area contributed by atoms with Crippen molar-refractivity contribution in [1.82, 2.24) is 30.5 Å². The topological polar surface area (TPSA) is 202 Å². The number of nitrogens with one attached hydrogen (secondary N) is 3. The van der Waals surface area contributed by atoms with Crippen molar-refractivity contribution in [3.8, 4) is 0 Å². The van der Waals surface area contributed by atoms with Gasteiger partial charge in [0.1, 0.15) is 5.97 Å². The van der Waals surface area contributed by atoms with Crippen molar-refractivity contribution in [3.63, 3.8) is 0 Å². The van der Waals surface area contributed by atoms with Gasteiger partial charge in [-0.2, -0.15) is 13.2 Å². The predicted octanol–water partition coefficient (Wildman–Crippen LogP) is -4.91. The first-order valence-corrected chi connectivity index (χ1v) is 18.8. The van der Waals surface area contributed by atoms with Crippen LogP contribution in [0.3, 0.4) is 0 Å². The summed E-state index contributed by atoms with van der Waals surface area (Å²) in [7, 11) is 3.62. The lowest BCUT2D eigenvalue weighted by Gasteiger charge is -2.17. The molecule has 304 valence electrons. The van der Waals surface area contributed by atoms with E-state index in [0.29, 0.717) is 24.7 Å². The Labute approximate surface area is 312 Å². The number of carbonyl (C=O) groups excluding carboxylic acids is 1. The normalized spacial score (nSPS) is 25.3. The molecule has 4 aliphatic rings. The molecule has 0 aromatic carbocycles. The summed E-state index contributed by atoms with van der Waals surface area (Å²) in [6.45, 7) is 14.0. The van der Waals surface area contributed by atoms with Gasteiger partial charge in [-0.3, -0.25) is 0 Å². The fourth-order valence-corrected chi connectivity index (χ4v) is 6.17. The van der Waals surface area contributed by atoms with Gasteiger partial charge in [-0.05, 0) is 130 Å². The molecule has 0 unspecified atom stereocenters. The molecule has 51 heavy (non-hydrogen) atoms. The van der Waals surface area contributed by atoms with Crippen LogP contribution < -0.4 is 44.8 Å². The number of β-amino-alcohol motifs (C(OH)–C–C–N with tert-alkyl or cyclic N) is 1. The minimum atomic E-state index is -5.19. The van der Waals surface area contributed by atoms with Crippen LogP contribution in [0.25, 0.3) is 0 Å². The van der Waals surface area contributed by atoms with Gasteiger partial charge < -0.3 is 79.4 Å². The van der Waals surface area contributed by atoms with Crippen LogP contribution in [0.2, 0.25) is 13.6 Å². The number of aliphatic hydroxyl groups is 1. The van der Waals surface area contributed by atoms with Crippen LogP contribution in [0.15, 0.2) is 0 Å². The van der Waals surface area contributed by atoms with E-state index in [9.17, 15) is 13.2 Å². The number of aliphatic hydroxyl groups excluding tert-OH is 1. The maximum absolute atomic E-state index is 10.5. The van der Waals surface area contributed by atoms with E-state index in [1.807, 2.05) is 0 Å². The highest BCUT2D eigenvalue weighted by Crippen LogP contribution is 2.12. The van der Waals surface area contributed by atoms with Gasteiger partial charge in [0.05, 0.1) is 18.7 Å². The number of halogens is 4. The molecule has 0 aromatic heterocycles. The third kappa shape index (κ3) is 32.4. The van der Waals surface area contributed by atoms with Crippen molar-refractivity contribution in [3.05, 3.63) is 0 Å². The van der Waals surface area contributed by atoms with Crippen LogP contribution in [0, 0.1) is 0 Å². The minimum Gasteiger partial charge on any atom is -1.00 e. The minimum absolute atomic E-state index is 0. The van der Waals surface area contributed by atoms with E-state index in [2.05, 4.69) is 56.0 Å². The molecule has 4 aliphatic heterocycles. The second-order valence-electron chi connectivity index (χ2n) is 14.2. The molecule has 4 fully saturated rings. The van der Waals surface area contributed by atoms with E-state index in [4.69, 9.17) is 25.1 Å². The Morgan fingerprint density at radius 1 is 0.765 bits per heavy atom. The van der Waals surface area contributed by atoms with Gasteiger partial charge in [-0.15, -0.1) is 0 Å². The molecule has 0 radical (unpaired) electrons. The largest absolute Gasteiger partial charge is 1.00 e. The molecular formula is C32H72B2ClF3N8O5. The number of aliphatic carboxylic acids is 1. The number of hydrogen-bond donors (Lipinski definition) is 8. The molecule has 0 aliphatic carbocycles. The summed E-state index contributed by atoms with van der Waals surface area (Å²) >= 11 is 0. The fraction of sp³-hybridized carbons (Fsp3) is 0.969. The van der Waals surface area contributed by atoms with E-state index < -0.39 is 12.1 Å². The summed E-state index contributed by atoms with van der Waals surface area (Å²) in [4.78, 5) is 15.9. The first kappa shape index (κ1) is 52.3. The predicted molar refractivity (Wildman–Crippen MR) is 193 cm³/mol. The Bertz CT molecular complexity index is 819. The summed E-state index contributed by atoms with van der Waals surface area (Å²) in [6.07, 6.45) is 9.55. The SMILES string of the molecule is CB(O)N[C@H]1CCCN(C)CC1.CB(O)N[C@H]1CCCNCC1.CN1CCC[C@H]([NH3+])CC1.O=C([O-])C(F)(F)F.[Cl-].[NH3+][C@H]1CCCN(CCO)CC1. The van der Waals surface area contributed by atoms with Gasteiger partial charge >= 0.3 is 20.3 Å². The number of rotatable bonds is 6. The molecule has 0 aromatic rings. The Balaban J connectivity index is 0. The number of carboxylic acid groups (broad SMARTS) is 1. The van der Waals surface area contributed by atoms with Crippen LogP contribution in [0.5, 0.6) is 0 Å². The second kappa shape index (κ2) is 31.6. The summed E-state index contributed by atoms with van der Waals surface area (Å²) in [6, 6.07) is 2.37. The lowest BCUT2D eigenvalue weighted by atomic mass is 9.86. The first-order valence-electron chi connectivity index (χ1n) is 18.8. The summed E-state index contributed by atoms with van der Waals surface area (Å²) < 4.78 is 31.5. The van der Waals surface area contributed by atoms with Crippen LogP contribution in [0.4, 0.5) is 13.2 Å². The number of nitrogens with zero attached hydrogens (tertiary/aromatic N) is 3. The quantitative estimate of drug-likeness (QED) is 0.121. The monoisotopic (exact) mass is 763 g/mol. The summed E-state index contributed by atoms with van der Waals surface area (Å²) in [5.74, 6) is -3.01. The van der Waals surface area contributed by atoms with Gasteiger partial charge in [0.15, 0.2) is 0 Å². The average molecular weight is 763 g/mol. The van der Waals surface area contributed by atoms with Gasteiger partial charge in [-0.25, -0.2) is 0 Å². The van der Waals surface area contributed by atoms with E-state index in [1.165, 1.54) is 83.8 Å². The zero-order chi connectivity index (χ0) is 38.0. The molecule has 4 atom stereocenters. The second-order valence-corrected chi connectivity index (χ2v) is 14.2. The third-order valence-electron chi connectivity index (χ3n) is 9.14. The van der Waals surface area contributed by atoms with Crippen molar-refractivity contribution < 1.29 is 62.1 Å². The van der Waals surface area contributed by atoms with Crippen molar-refractivity contribution >= 4 is 20.1 Å². The molecular weight excluding hydrogens is 690 g/mol. The van der Waals surface area contributed by atoms with Gasteiger partial charge in [-0.1, -0.05) is 0 Å². The molecule has 4 heterocycles. The number of quaternary nitrogens is 2. The maximum Gasteiger partial charge on any atom is 0.430 e. The molecule has 0 spiro atoms. The van der Waals surface area contributed by atoms with Crippen molar-refractivity contribution in [1.29, 1.82) is 0 Å². The number of alkyl halides is 3. The van der Waals surface area contributed by atoms with E-state index in [-0.39, 0.29) is 26.5 Å². The number of carboxylic acids is 1.